The van der Waals surface area contributed by atoms with Crippen molar-refractivity contribution in [3.8, 4) is 11.3 Å². The Balaban J connectivity index is 2.64. The zero-order valence-electron chi connectivity index (χ0n) is 8.82. The largest absolute Gasteiger partial charge is 0.478 e. The van der Waals surface area contributed by atoms with Gasteiger partial charge in [0.05, 0.1) is 5.56 Å². The molecule has 1 aromatic carbocycles. The normalized spacial score (nSPS) is 10.4. The van der Waals surface area contributed by atoms with Crippen molar-refractivity contribution in [1.82, 2.24) is 4.98 Å². The smallest absolute Gasteiger partial charge is 0.338 e. The van der Waals surface area contributed by atoms with Crippen LogP contribution in [0.1, 0.15) is 10.4 Å². The first-order valence-electron chi connectivity index (χ1n) is 4.83. The maximum atomic E-state index is 13.9. The topological polar surface area (TPSA) is 50.2 Å². The number of benzene rings is 1. The number of carbonyl (C=O) groups is 1. The van der Waals surface area contributed by atoms with Gasteiger partial charge in [0, 0.05) is 21.8 Å². The summed E-state index contributed by atoms with van der Waals surface area (Å²) in [6.07, 6.45) is 1.22. The van der Waals surface area contributed by atoms with Crippen molar-refractivity contribution in [2.45, 2.75) is 0 Å². The quantitative estimate of drug-likeness (QED) is 0.911. The van der Waals surface area contributed by atoms with Crippen LogP contribution in [0.5, 0.6) is 0 Å². The Labute approximate surface area is 112 Å². The number of pyridine rings is 1. The minimum atomic E-state index is -1.36. The van der Waals surface area contributed by atoms with Crippen LogP contribution < -0.4 is 0 Å². The van der Waals surface area contributed by atoms with E-state index in [1.165, 1.54) is 24.4 Å². The van der Waals surface area contributed by atoms with Crippen molar-refractivity contribution in [2.24, 2.45) is 0 Å². The fourth-order valence-electron chi connectivity index (χ4n) is 1.50. The first kappa shape index (κ1) is 12.8. The Morgan fingerprint density at radius 3 is 2.39 bits per heavy atom. The van der Waals surface area contributed by atoms with Crippen LogP contribution in [0.15, 0.2) is 30.5 Å². The predicted molar refractivity (Wildman–Crippen MR) is 66.6 cm³/mol. The molecule has 0 unspecified atom stereocenters. The molecule has 0 aliphatic heterocycles. The molecule has 3 nitrogen and oxygen atoms in total. The van der Waals surface area contributed by atoms with Gasteiger partial charge in [-0.05, 0) is 24.3 Å². The Kier molecular flexibility index (Phi) is 3.50. The highest BCUT2D eigenvalue weighted by atomic mass is 35.5. The first-order chi connectivity index (χ1) is 8.49. The summed E-state index contributed by atoms with van der Waals surface area (Å²) in [5.41, 5.74) is -0.219. The van der Waals surface area contributed by atoms with Gasteiger partial charge in [0.2, 0.25) is 0 Å². The van der Waals surface area contributed by atoms with Crippen molar-refractivity contribution < 1.29 is 14.3 Å². The number of hydrogen-bond acceptors (Lipinski definition) is 2. The van der Waals surface area contributed by atoms with E-state index in [1.54, 1.807) is 0 Å². The van der Waals surface area contributed by atoms with Gasteiger partial charge < -0.3 is 5.11 Å². The molecule has 0 spiro atoms. The number of aromatic nitrogens is 1. The van der Waals surface area contributed by atoms with Crippen LogP contribution in [-0.4, -0.2) is 16.1 Å². The highest BCUT2D eigenvalue weighted by molar-refractivity contribution is 6.35. The Morgan fingerprint density at radius 2 is 1.83 bits per heavy atom. The molecule has 18 heavy (non-hydrogen) atoms. The molecule has 2 rings (SSSR count). The summed E-state index contributed by atoms with van der Waals surface area (Å²) in [5, 5.41) is 9.46. The molecule has 0 saturated heterocycles. The van der Waals surface area contributed by atoms with Crippen LogP contribution in [0.3, 0.4) is 0 Å². The monoisotopic (exact) mass is 285 g/mol. The molecule has 0 fully saturated rings. The summed E-state index contributed by atoms with van der Waals surface area (Å²) in [5.74, 6) is -2.27. The number of carboxylic acids is 1. The lowest BCUT2D eigenvalue weighted by molar-refractivity contribution is 0.0692. The Hall–Kier alpha value is -1.65. The fraction of sp³-hybridized carbons (Fsp3) is 0. The summed E-state index contributed by atoms with van der Waals surface area (Å²) in [6.45, 7) is 0. The van der Waals surface area contributed by atoms with E-state index in [1.807, 2.05) is 0 Å². The third-order valence-electron chi connectivity index (χ3n) is 2.26. The molecule has 1 N–H and O–H groups in total. The number of halogens is 3. The first-order valence-corrected chi connectivity index (χ1v) is 5.59. The average Bonchev–Trinajstić information content (AvgIpc) is 2.27. The number of hydrogen-bond donors (Lipinski definition) is 1. The van der Waals surface area contributed by atoms with Crippen LogP contribution in [0.4, 0.5) is 4.39 Å². The van der Waals surface area contributed by atoms with E-state index in [-0.39, 0.29) is 5.69 Å². The molecule has 0 bridgehead atoms. The van der Waals surface area contributed by atoms with Crippen LogP contribution >= 0.6 is 23.2 Å². The predicted octanol–water partition coefficient (Wildman–Crippen LogP) is 3.89. The SMILES string of the molecule is O=C(O)c1ccnc(-c2cc(Cl)cc(Cl)c2)c1F. The minimum Gasteiger partial charge on any atom is -0.478 e. The lowest BCUT2D eigenvalue weighted by Crippen LogP contribution is -2.03. The van der Waals surface area contributed by atoms with Crippen LogP contribution in [-0.2, 0) is 0 Å². The van der Waals surface area contributed by atoms with Crippen LogP contribution in [0.25, 0.3) is 11.3 Å². The van der Waals surface area contributed by atoms with E-state index in [0.717, 1.165) is 6.07 Å². The number of aromatic carboxylic acids is 1. The maximum absolute atomic E-state index is 13.9. The van der Waals surface area contributed by atoms with E-state index in [2.05, 4.69) is 4.98 Å². The molecule has 2 aromatic rings. The third-order valence-corrected chi connectivity index (χ3v) is 2.69. The summed E-state index contributed by atoms with van der Waals surface area (Å²) < 4.78 is 13.9. The van der Waals surface area contributed by atoms with Gasteiger partial charge in [-0.1, -0.05) is 23.2 Å². The lowest BCUT2D eigenvalue weighted by atomic mass is 10.1. The van der Waals surface area contributed by atoms with Gasteiger partial charge in [0.25, 0.3) is 0 Å². The summed E-state index contributed by atoms with van der Waals surface area (Å²) >= 11 is 11.6. The molecule has 0 aliphatic rings. The highest BCUT2D eigenvalue weighted by Crippen LogP contribution is 2.28. The van der Waals surface area contributed by atoms with E-state index in [0.29, 0.717) is 15.6 Å². The molecule has 0 amide bonds. The molecule has 0 saturated carbocycles. The second-order valence-corrected chi connectivity index (χ2v) is 4.36. The maximum Gasteiger partial charge on any atom is 0.338 e. The van der Waals surface area contributed by atoms with Gasteiger partial charge >= 0.3 is 5.97 Å². The second kappa shape index (κ2) is 4.92. The fourth-order valence-corrected chi connectivity index (χ4v) is 2.03. The number of nitrogens with zero attached hydrogens (tertiary/aromatic N) is 1. The van der Waals surface area contributed by atoms with E-state index >= 15 is 0 Å². The summed E-state index contributed by atoms with van der Waals surface area (Å²) in [6, 6.07) is 5.51. The summed E-state index contributed by atoms with van der Waals surface area (Å²) in [4.78, 5) is 14.6. The molecule has 0 atom stereocenters. The van der Waals surface area contributed by atoms with Crippen molar-refractivity contribution in [1.29, 1.82) is 0 Å². The molecular formula is C12H6Cl2FNO2. The van der Waals surface area contributed by atoms with Gasteiger partial charge in [-0.3, -0.25) is 4.98 Å². The zero-order chi connectivity index (χ0) is 13.3. The highest BCUT2D eigenvalue weighted by Gasteiger charge is 2.16. The van der Waals surface area contributed by atoms with E-state index < -0.39 is 17.3 Å². The van der Waals surface area contributed by atoms with Crippen molar-refractivity contribution in [2.75, 3.05) is 0 Å². The standard InChI is InChI=1S/C12H6Cl2FNO2/c13-7-3-6(4-8(14)5-7)11-10(15)9(12(17)18)1-2-16-11/h1-5H,(H,17,18). The number of rotatable bonds is 2. The third kappa shape index (κ3) is 2.44. The van der Waals surface area contributed by atoms with Crippen LogP contribution in [0.2, 0.25) is 10.0 Å². The zero-order valence-corrected chi connectivity index (χ0v) is 10.3. The minimum absolute atomic E-state index is 0.0979. The van der Waals surface area contributed by atoms with Crippen molar-refractivity contribution in [3.63, 3.8) is 0 Å². The van der Waals surface area contributed by atoms with Crippen LogP contribution in [0, 0.1) is 5.82 Å². The van der Waals surface area contributed by atoms with Gasteiger partial charge in [-0.15, -0.1) is 0 Å². The van der Waals surface area contributed by atoms with Gasteiger partial charge in [-0.2, -0.15) is 0 Å². The van der Waals surface area contributed by atoms with Gasteiger partial charge in [-0.25, -0.2) is 9.18 Å². The Bertz CT molecular complexity index is 611. The number of carboxylic acid groups (broad SMARTS) is 1. The molecule has 0 aliphatic carbocycles. The lowest BCUT2D eigenvalue weighted by Gasteiger charge is -2.06. The molecule has 0 radical (unpaired) electrons. The molecule has 6 heteroatoms. The van der Waals surface area contributed by atoms with Crippen molar-refractivity contribution in [3.05, 3.63) is 51.9 Å². The molecule has 92 valence electrons. The summed E-state index contributed by atoms with van der Waals surface area (Å²) in [7, 11) is 0. The van der Waals surface area contributed by atoms with E-state index in [4.69, 9.17) is 28.3 Å². The molecular weight excluding hydrogens is 280 g/mol. The van der Waals surface area contributed by atoms with E-state index in [9.17, 15) is 9.18 Å². The average molecular weight is 286 g/mol. The Morgan fingerprint density at radius 1 is 1.22 bits per heavy atom. The van der Waals surface area contributed by atoms with Gasteiger partial charge in [0.1, 0.15) is 5.69 Å². The molecule has 1 heterocycles. The van der Waals surface area contributed by atoms with Crippen molar-refractivity contribution >= 4 is 29.2 Å². The second-order valence-electron chi connectivity index (χ2n) is 3.48. The molecule has 1 aromatic heterocycles. The van der Waals surface area contributed by atoms with Gasteiger partial charge in [0.15, 0.2) is 5.82 Å².